The van der Waals surface area contributed by atoms with Gasteiger partial charge in [-0.05, 0) is 25.0 Å². The van der Waals surface area contributed by atoms with E-state index >= 15 is 0 Å². The summed E-state index contributed by atoms with van der Waals surface area (Å²) in [5.74, 6) is 1.80. The van der Waals surface area contributed by atoms with Crippen LogP contribution >= 0.6 is 11.8 Å². The summed E-state index contributed by atoms with van der Waals surface area (Å²) in [7, 11) is 0. The number of rotatable bonds is 7. The fraction of sp³-hybridized carbons (Fsp3) is 0.619. The number of ether oxygens (including phenoxy) is 1. The fourth-order valence-electron chi connectivity index (χ4n) is 3.66. The molecule has 2 amide bonds. The first-order chi connectivity index (χ1) is 14.0. The first-order valence-corrected chi connectivity index (χ1v) is 11.4. The van der Waals surface area contributed by atoms with Gasteiger partial charge in [-0.1, -0.05) is 26.0 Å². The molecule has 1 aromatic rings. The van der Waals surface area contributed by atoms with Gasteiger partial charge in [-0.15, -0.1) is 11.8 Å². The van der Waals surface area contributed by atoms with Crippen LogP contribution < -0.4 is 20.3 Å². The molecule has 0 spiro atoms. The molecule has 2 saturated heterocycles. The third-order valence-electron chi connectivity index (χ3n) is 5.38. The summed E-state index contributed by atoms with van der Waals surface area (Å²) in [6.07, 6.45) is 0.494. The van der Waals surface area contributed by atoms with Gasteiger partial charge in [0.1, 0.15) is 11.2 Å². The lowest BCUT2D eigenvalue weighted by Crippen LogP contribution is -2.56. The maximum atomic E-state index is 12.7. The smallest absolute Gasteiger partial charge is 0.232 e. The molecule has 0 aromatic heterocycles. The number of carbonyl (C=O) groups is 2. The van der Waals surface area contributed by atoms with E-state index in [1.807, 2.05) is 30.0 Å². The van der Waals surface area contributed by atoms with Crippen LogP contribution in [0.15, 0.2) is 24.3 Å². The number of nitrogens with zero attached hydrogens (tertiary/aromatic N) is 2. The number of thioether (sulfide) groups is 1. The number of hydrogen-bond acceptors (Lipinski definition) is 6. The fourth-order valence-corrected chi connectivity index (χ4v) is 4.63. The highest BCUT2D eigenvalue weighted by Gasteiger charge is 2.29. The van der Waals surface area contributed by atoms with Gasteiger partial charge in [-0.25, -0.2) is 0 Å². The maximum Gasteiger partial charge on any atom is 0.232 e. The molecule has 7 nitrogen and oxygen atoms in total. The largest absolute Gasteiger partial charge is 0.492 e. The Morgan fingerprint density at radius 3 is 2.66 bits per heavy atom. The van der Waals surface area contributed by atoms with Gasteiger partial charge in [0.2, 0.25) is 11.8 Å². The minimum Gasteiger partial charge on any atom is -0.492 e. The quantitative estimate of drug-likeness (QED) is 0.702. The molecule has 3 rings (SSSR count). The van der Waals surface area contributed by atoms with Crippen molar-refractivity contribution < 1.29 is 14.3 Å². The number of amides is 2. The summed E-state index contributed by atoms with van der Waals surface area (Å²) in [4.78, 5) is 28.8. The number of benzene rings is 1. The van der Waals surface area contributed by atoms with Crippen LogP contribution in [0.25, 0.3) is 0 Å². The average Bonchev–Trinajstić information content (AvgIpc) is 2.72. The van der Waals surface area contributed by atoms with Crippen LogP contribution in [0.4, 0.5) is 5.69 Å². The second kappa shape index (κ2) is 10.2. The van der Waals surface area contributed by atoms with E-state index in [1.165, 1.54) is 11.8 Å². The Kier molecular flexibility index (Phi) is 7.66. The van der Waals surface area contributed by atoms with Gasteiger partial charge < -0.3 is 19.9 Å². The summed E-state index contributed by atoms with van der Waals surface area (Å²) in [6, 6.07) is 8.21. The van der Waals surface area contributed by atoms with E-state index in [1.54, 1.807) is 0 Å². The topological polar surface area (TPSA) is 73.9 Å². The second-order valence-corrected chi connectivity index (χ2v) is 8.84. The molecular formula is C21H32N4O3S. The number of para-hydroxylation sites is 2. The molecule has 0 bridgehead atoms. The van der Waals surface area contributed by atoms with Crippen molar-refractivity contribution in [2.24, 2.45) is 5.92 Å². The second-order valence-electron chi connectivity index (χ2n) is 7.75. The summed E-state index contributed by atoms with van der Waals surface area (Å²) in [5.41, 5.74) is 0.886. The Hall–Kier alpha value is -1.93. The van der Waals surface area contributed by atoms with E-state index in [-0.39, 0.29) is 23.4 Å². The maximum absolute atomic E-state index is 12.7. The molecule has 2 fully saturated rings. The van der Waals surface area contributed by atoms with Crippen LogP contribution in [0.1, 0.15) is 27.2 Å². The molecule has 2 unspecified atom stereocenters. The Morgan fingerprint density at radius 1 is 1.24 bits per heavy atom. The van der Waals surface area contributed by atoms with Crippen LogP contribution in [0.3, 0.4) is 0 Å². The van der Waals surface area contributed by atoms with Crippen molar-refractivity contribution in [2.45, 2.75) is 38.7 Å². The number of nitrogens with one attached hydrogen (secondary N) is 2. The van der Waals surface area contributed by atoms with Gasteiger partial charge in [-0.2, -0.15) is 0 Å². The van der Waals surface area contributed by atoms with Crippen LogP contribution in [0, 0.1) is 5.92 Å². The van der Waals surface area contributed by atoms with Crippen molar-refractivity contribution in [1.29, 1.82) is 0 Å². The molecular weight excluding hydrogens is 388 g/mol. The predicted octanol–water partition coefficient (Wildman–Crippen LogP) is 1.88. The highest BCUT2D eigenvalue weighted by molar-refractivity contribution is 8.00. The molecule has 29 heavy (non-hydrogen) atoms. The van der Waals surface area contributed by atoms with Gasteiger partial charge >= 0.3 is 0 Å². The highest BCUT2D eigenvalue weighted by Crippen LogP contribution is 2.29. The van der Waals surface area contributed by atoms with Crippen molar-refractivity contribution in [3.8, 4) is 5.75 Å². The van der Waals surface area contributed by atoms with E-state index < -0.39 is 0 Å². The number of carbonyl (C=O) groups excluding carboxylic acids is 2. The first kappa shape index (κ1) is 21.8. The predicted molar refractivity (Wildman–Crippen MR) is 117 cm³/mol. The van der Waals surface area contributed by atoms with Gasteiger partial charge in [0, 0.05) is 38.6 Å². The molecule has 2 heterocycles. The van der Waals surface area contributed by atoms with Gasteiger partial charge in [-0.3, -0.25) is 14.9 Å². The average molecular weight is 421 g/mol. The van der Waals surface area contributed by atoms with Crippen LogP contribution in [0.5, 0.6) is 5.75 Å². The van der Waals surface area contributed by atoms with Crippen molar-refractivity contribution in [3.05, 3.63) is 24.3 Å². The zero-order valence-electron chi connectivity index (χ0n) is 17.5. The van der Waals surface area contributed by atoms with Crippen LogP contribution in [-0.4, -0.2) is 66.8 Å². The minimum absolute atomic E-state index is 0.0500. The Morgan fingerprint density at radius 2 is 1.97 bits per heavy atom. The minimum atomic E-state index is -0.202. The van der Waals surface area contributed by atoms with Crippen molar-refractivity contribution in [1.82, 2.24) is 15.5 Å². The van der Waals surface area contributed by atoms with Gasteiger partial charge in [0.05, 0.1) is 18.0 Å². The SMILES string of the molecule is CCOc1ccccc1N1CCN(C(=O)CSC2NC(=O)CC(C(C)C)N2)CC1. The molecule has 0 aliphatic carbocycles. The van der Waals surface area contributed by atoms with Crippen molar-refractivity contribution in [2.75, 3.05) is 43.4 Å². The molecule has 2 aliphatic heterocycles. The van der Waals surface area contributed by atoms with Crippen LogP contribution in [0.2, 0.25) is 0 Å². The van der Waals surface area contributed by atoms with E-state index in [9.17, 15) is 9.59 Å². The lowest BCUT2D eigenvalue weighted by molar-refractivity contribution is -0.128. The molecule has 0 saturated carbocycles. The molecule has 8 heteroatoms. The molecule has 2 atom stereocenters. The zero-order chi connectivity index (χ0) is 20.8. The Labute approximate surface area is 177 Å². The Balaban J connectivity index is 1.47. The normalized spacial score (nSPS) is 22.6. The van der Waals surface area contributed by atoms with Gasteiger partial charge in [0.25, 0.3) is 0 Å². The Bertz CT molecular complexity index is 707. The van der Waals surface area contributed by atoms with Crippen LogP contribution in [-0.2, 0) is 9.59 Å². The summed E-state index contributed by atoms with van der Waals surface area (Å²) in [5, 5.41) is 6.35. The van der Waals surface area contributed by atoms with E-state index in [4.69, 9.17) is 4.74 Å². The number of anilines is 1. The lowest BCUT2D eigenvalue weighted by atomic mass is 10.00. The van der Waals surface area contributed by atoms with E-state index in [0.29, 0.717) is 37.8 Å². The summed E-state index contributed by atoms with van der Waals surface area (Å²) >= 11 is 1.46. The number of hydrogen-bond donors (Lipinski definition) is 2. The third-order valence-corrected chi connectivity index (χ3v) is 6.38. The molecule has 2 N–H and O–H groups in total. The summed E-state index contributed by atoms with van der Waals surface area (Å²) < 4.78 is 5.74. The molecule has 0 radical (unpaired) electrons. The van der Waals surface area contributed by atoms with Gasteiger partial charge in [0.15, 0.2) is 0 Å². The molecule has 2 aliphatic rings. The lowest BCUT2D eigenvalue weighted by Gasteiger charge is -2.37. The monoisotopic (exact) mass is 420 g/mol. The molecule has 160 valence electrons. The number of piperazine rings is 1. The van der Waals surface area contributed by atoms with E-state index in [0.717, 1.165) is 24.5 Å². The highest BCUT2D eigenvalue weighted by atomic mass is 32.2. The zero-order valence-corrected chi connectivity index (χ0v) is 18.3. The summed E-state index contributed by atoms with van der Waals surface area (Å²) in [6.45, 7) is 9.79. The molecule has 1 aromatic carbocycles. The van der Waals surface area contributed by atoms with Crippen molar-refractivity contribution >= 4 is 29.3 Å². The first-order valence-electron chi connectivity index (χ1n) is 10.4. The van der Waals surface area contributed by atoms with Crippen molar-refractivity contribution in [3.63, 3.8) is 0 Å². The standard InChI is InChI=1S/C21H32N4O3S/c1-4-28-18-8-6-5-7-17(18)24-9-11-25(12-10-24)20(27)14-29-21-22-16(15(2)3)13-19(26)23-21/h5-8,15-16,21-22H,4,9-14H2,1-3H3,(H,23,26). The third kappa shape index (κ3) is 5.79. The van der Waals surface area contributed by atoms with E-state index in [2.05, 4.69) is 35.4 Å².